The number of benzene rings is 3. The van der Waals surface area contributed by atoms with Gasteiger partial charge in [-0.2, -0.15) is 0 Å². The number of amides is 2. The molecule has 0 saturated carbocycles. The predicted molar refractivity (Wildman–Crippen MR) is 94.6 cm³/mol. The first kappa shape index (κ1) is 13.8. The molecule has 5 rings (SSSR count). The summed E-state index contributed by atoms with van der Waals surface area (Å²) in [5.41, 5.74) is 1.97. The Labute approximate surface area is 142 Å². The maximum absolute atomic E-state index is 12.8. The van der Waals surface area contributed by atoms with Crippen molar-refractivity contribution in [3.05, 3.63) is 78.1 Å². The maximum atomic E-state index is 12.8. The second-order valence-electron chi connectivity index (χ2n) is 5.86. The van der Waals surface area contributed by atoms with Crippen LogP contribution in [0.5, 0.6) is 0 Å². The standard InChI is InChI=1S/C20H11N3O2/c24-19-17-18(20(25)23(19)13-7-2-1-3-8-13)22-16-14-9-5-4-6-12(14)10-11-15(16)21-17/h1-11H. The summed E-state index contributed by atoms with van der Waals surface area (Å²) in [7, 11) is 0. The van der Waals surface area contributed by atoms with E-state index in [1.165, 1.54) is 0 Å². The van der Waals surface area contributed by atoms with E-state index in [1.54, 1.807) is 24.3 Å². The molecule has 0 unspecified atom stereocenters. The van der Waals surface area contributed by atoms with E-state index in [1.807, 2.05) is 42.5 Å². The quantitative estimate of drug-likeness (QED) is 0.396. The molecule has 0 atom stereocenters. The maximum Gasteiger partial charge on any atom is 0.286 e. The van der Waals surface area contributed by atoms with E-state index in [9.17, 15) is 9.59 Å². The summed E-state index contributed by atoms with van der Waals surface area (Å²) < 4.78 is 0. The third-order valence-corrected chi connectivity index (χ3v) is 4.39. The molecule has 118 valence electrons. The summed E-state index contributed by atoms with van der Waals surface area (Å²) in [6.45, 7) is 0. The molecule has 2 heterocycles. The van der Waals surface area contributed by atoms with Crippen molar-refractivity contribution in [1.82, 2.24) is 9.97 Å². The highest BCUT2D eigenvalue weighted by Gasteiger charge is 2.40. The third-order valence-electron chi connectivity index (χ3n) is 4.39. The first-order valence-corrected chi connectivity index (χ1v) is 7.87. The lowest BCUT2D eigenvalue weighted by Gasteiger charge is -2.12. The molecular weight excluding hydrogens is 314 g/mol. The molecule has 1 aliphatic heterocycles. The van der Waals surface area contributed by atoms with Crippen LogP contribution < -0.4 is 4.90 Å². The van der Waals surface area contributed by atoms with E-state index >= 15 is 0 Å². The van der Waals surface area contributed by atoms with Gasteiger partial charge in [0.1, 0.15) is 0 Å². The van der Waals surface area contributed by atoms with Gasteiger partial charge < -0.3 is 0 Å². The van der Waals surface area contributed by atoms with Gasteiger partial charge >= 0.3 is 0 Å². The van der Waals surface area contributed by atoms with Crippen LogP contribution in [-0.2, 0) is 0 Å². The number of hydrogen-bond acceptors (Lipinski definition) is 4. The topological polar surface area (TPSA) is 63.2 Å². The number of carbonyl (C=O) groups is 2. The fourth-order valence-electron chi connectivity index (χ4n) is 3.20. The van der Waals surface area contributed by atoms with Crippen LogP contribution in [0.3, 0.4) is 0 Å². The summed E-state index contributed by atoms with van der Waals surface area (Å²) in [6.07, 6.45) is 0. The molecular formula is C20H11N3O2. The Morgan fingerprint density at radius 2 is 1.36 bits per heavy atom. The molecule has 0 spiro atoms. The van der Waals surface area contributed by atoms with Crippen molar-refractivity contribution in [2.75, 3.05) is 4.90 Å². The monoisotopic (exact) mass is 325 g/mol. The Kier molecular flexibility index (Phi) is 2.73. The number of hydrogen-bond donors (Lipinski definition) is 0. The van der Waals surface area contributed by atoms with Gasteiger partial charge in [-0.3, -0.25) is 9.59 Å². The molecule has 4 aromatic rings. The highest BCUT2D eigenvalue weighted by atomic mass is 16.2. The van der Waals surface area contributed by atoms with Gasteiger partial charge in [0.25, 0.3) is 11.8 Å². The van der Waals surface area contributed by atoms with E-state index < -0.39 is 11.8 Å². The van der Waals surface area contributed by atoms with E-state index in [2.05, 4.69) is 9.97 Å². The average molecular weight is 325 g/mol. The summed E-state index contributed by atoms with van der Waals surface area (Å²) in [5, 5.41) is 1.93. The molecule has 1 aromatic heterocycles. The highest BCUT2D eigenvalue weighted by molar-refractivity contribution is 6.33. The molecule has 0 bridgehead atoms. The van der Waals surface area contributed by atoms with E-state index in [-0.39, 0.29) is 11.4 Å². The van der Waals surface area contributed by atoms with E-state index in [0.717, 1.165) is 15.7 Å². The van der Waals surface area contributed by atoms with Crippen molar-refractivity contribution in [3.8, 4) is 0 Å². The molecule has 1 aliphatic rings. The molecule has 0 saturated heterocycles. The van der Waals surface area contributed by atoms with Crippen molar-refractivity contribution >= 4 is 39.3 Å². The van der Waals surface area contributed by atoms with Gasteiger partial charge in [0.05, 0.1) is 16.7 Å². The molecule has 0 N–H and O–H groups in total. The van der Waals surface area contributed by atoms with Crippen molar-refractivity contribution in [3.63, 3.8) is 0 Å². The molecule has 5 heteroatoms. The first-order valence-electron chi connectivity index (χ1n) is 7.87. The Hall–Kier alpha value is -3.60. The summed E-state index contributed by atoms with van der Waals surface area (Å²) in [6, 6.07) is 20.4. The smallest absolute Gasteiger partial charge is 0.266 e. The van der Waals surface area contributed by atoms with Crippen LogP contribution >= 0.6 is 0 Å². The molecule has 0 aliphatic carbocycles. The minimum absolute atomic E-state index is 0.108. The van der Waals surface area contributed by atoms with Crippen molar-refractivity contribution in [1.29, 1.82) is 0 Å². The zero-order valence-corrected chi connectivity index (χ0v) is 13.0. The van der Waals surface area contributed by atoms with Crippen LogP contribution in [0.1, 0.15) is 21.0 Å². The largest absolute Gasteiger partial charge is 0.286 e. The van der Waals surface area contributed by atoms with E-state index in [4.69, 9.17) is 0 Å². The Morgan fingerprint density at radius 3 is 2.16 bits per heavy atom. The Bertz CT molecular complexity index is 1190. The zero-order chi connectivity index (χ0) is 17.0. The third kappa shape index (κ3) is 1.89. The lowest BCUT2D eigenvalue weighted by atomic mass is 10.1. The molecule has 3 aromatic carbocycles. The Balaban J connectivity index is 1.77. The number of rotatable bonds is 1. The van der Waals surface area contributed by atoms with Gasteiger partial charge in [-0.05, 0) is 23.6 Å². The van der Waals surface area contributed by atoms with Crippen molar-refractivity contribution in [2.45, 2.75) is 0 Å². The molecule has 2 amide bonds. The van der Waals surface area contributed by atoms with Crippen LogP contribution in [0.25, 0.3) is 21.8 Å². The minimum atomic E-state index is -0.437. The SMILES string of the molecule is O=C1c2nc3ccc4ccccc4c3nc2C(=O)N1c1ccccc1. The van der Waals surface area contributed by atoms with Crippen LogP contribution in [0.2, 0.25) is 0 Å². The second kappa shape index (κ2) is 4.95. The van der Waals surface area contributed by atoms with Gasteiger partial charge in [-0.25, -0.2) is 14.9 Å². The highest BCUT2D eigenvalue weighted by Crippen LogP contribution is 2.30. The van der Waals surface area contributed by atoms with Crippen molar-refractivity contribution < 1.29 is 9.59 Å². The number of aromatic nitrogens is 2. The predicted octanol–water partition coefficient (Wildman–Crippen LogP) is 3.58. The van der Waals surface area contributed by atoms with Gasteiger partial charge in [-0.1, -0.05) is 48.5 Å². The second-order valence-corrected chi connectivity index (χ2v) is 5.86. The minimum Gasteiger partial charge on any atom is -0.266 e. The van der Waals surface area contributed by atoms with Gasteiger partial charge in [0.2, 0.25) is 0 Å². The van der Waals surface area contributed by atoms with Crippen molar-refractivity contribution in [2.24, 2.45) is 0 Å². The Morgan fingerprint density at radius 1 is 0.680 bits per heavy atom. The fraction of sp³-hybridized carbons (Fsp3) is 0. The van der Waals surface area contributed by atoms with Gasteiger partial charge in [0.15, 0.2) is 11.4 Å². The van der Waals surface area contributed by atoms with Gasteiger partial charge in [0, 0.05) is 5.39 Å². The number of anilines is 1. The normalized spacial score (nSPS) is 13.7. The number of carbonyl (C=O) groups excluding carboxylic acids is 2. The van der Waals surface area contributed by atoms with Gasteiger partial charge in [-0.15, -0.1) is 0 Å². The van der Waals surface area contributed by atoms with Crippen LogP contribution in [0, 0.1) is 0 Å². The fourth-order valence-corrected chi connectivity index (χ4v) is 3.20. The van der Waals surface area contributed by atoms with Crippen LogP contribution in [-0.4, -0.2) is 21.8 Å². The number of nitrogens with zero attached hydrogens (tertiary/aromatic N) is 3. The average Bonchev–Trinajstić information content (AvgIpc) is 2.91. The van der Waals surface area contributed by atoms with E-state index in [0.29, 0.717) is 16.7 Å². The van der Waals surface area contributed by atoms with Crippen LogP contribution in [0.15, 0.2) is 66.7 Å². The first-order chi connectivity index (χ1) is 12.2. The molecule has 0 fully saturated rings. The molecule has 5 nitrogen and oxygen atoms in total. The zero-order valence-electron chi connectivity index (χ0n) is 13.0. The summed E-state index contributed by atoms with van der Waals surface area (Å²) >= 11 is 0. The number of fused-ring (bicyclic) bond motifs is 4. The number of para-hydroxylation sites is 1. The number of imide groups is 1. The summed E-state index contributed by atoms with van der Waals surface area (Å²) in [4.78, 5) is 35.6. The molecule has 0 radical (unpaired) electrons. The lowest BCUT2D eigenvalue weighted by Crippen LogP contribution is -2.29. The van der Waals surface area contributed by atoms with Crippen LogP contribution in [0.4, 0.5) is 5.69 Å². The molecule has 25 heavy (non-hydrogen) atoms. The summed E-state index contributed by atoms with van der Waals surface area (Å²) in [5.74, 6) is -0.873. The lowest BCUT2D eigenvalue weighted by molar-refractivity contribution is 0.0923.